The molecule has 0 N–H and O–H groups in total. The molecule has 2 fully saturated rings. The number of allylic oxidation sites excluding steroid dienone is 4. The number of ketones is 1. The van der Waals surface area contributed by atoms with Gasteiger partial charge in [-0.2, -0.15) is 0 Å². The van der Waals surface area contributed by atoms with Crippen LogP contribution >= 0.6 is 0 Å². The number of hydrogen-bond donors (Lipinski definition) is 0. The summed E-state index contributed by atoms with van der Waals surface area (Å²) in [7, 11) is 1.44. The highest BCUT2D eigenvalue weighted by molar-refractivity contribution is 5.91. The lowest BCUT2D eigenvalue weighted by atomic mass is 9.87. The third-order valence-electron chi connectivity index (χ3n) is 6.25. The number of fused-ring (bicyclic) bond motifs is 1. The van der Waals surface area contributed by atoms with Gasteiger partial charge in [0.25, 0.3) is 0 Å². The molecule has 0 heterocycles. The van der Waals surface area contributed by atoms with Gasteiger partial charge in [-0.3, -0.25) is 9.59 Å². The van der Waals surface area contributed by atoms with Crippen molar-refractivity contribution in [2.45, 2.75) is 65.7 Å². The van der Waals surface area contributed by atoms with Crippen molar-refractivity contribution in [1.82, 2.24) is 0 Å². The largest absolute Gasteiger partial charge is 0.469 e. The van der Waals surface area contributed by atoms with Crippen LogP contribution in [0.4, 0.5) is 0 Å². The van der Waals surface area contributed by atoms with Crippen LogP contribution in [-0.2, 0) is 14.3 Å². The Hall–Kier alpha value is -1.82. The van der Waals surface area contributed by atoms with E-state index in [1.165, 1.54) is 25.5 Å². The predicted molar refractivity (Wildman–Crippen MR) is 109 cm³/mol. The van der Waals surface area contributed by atoms with Crippen LogP contribution in [0.3, 0.4) is 0 Å². The number of carbonyl (C=O) groups excluding carboxylic acids is 2. The molecule has 0 radical (unpaired) electrons. The summed E-state index contributed by atoms with van der Waals surface area (Å²) in [5.74, 6) is 8.49. The summed E-state index contributed by atoms with van der Waals surface area (Å²) in [4.78, 5) is 23.5. The molecule has 27 heavy (non-hydrogen) atoms. The molecule has 2 aliphatic carbocycles. The average Bonchev–Trinajstić information content (AvgIpc) is 3.17. The van der Waals surface area contributed by atoms with Crippen LogP contribution in [0.15, 0.2) is 23.8 Å². The number of carbonyl (C=O) groups is 2. The zero-order valence-corrected chi connectivity index (χ0v) is 17.3. The molecule has 2 saturated carbocycles. The lowest BCUT2D eigenvalue weighted by Gasteiger charge is -2.18. The Bertz CT molecular complexity index is 646. The maximum Gasteiger partial charge on any atom is 0.305 e. The third-order valence-corrected chi connectivity index (χ3v) is 6.25. The zero-order valence-electron chi connectivity index (χ0n) is 17.3. The Balaban J connectivity index is 1.88. The summed E-state index contributed by atoms with van der Waals surface area (Å²) in [6.45, 7) is 6.10. The van der Waals surface area contributed by atoms with E-state index in [1.54, 1.807) is 0 Å². The SMILES string of the molecule is CC#CC[C@H](C)C(=O)/C=C/[C@H]1[C@H](C)CC2C/C(=C\CCCC(=O)OC)C[C@@H]21. The topological polar surface area (TPSA) is 43.4 Å². The molecule has 0 aromatic heterocycles. The van der Waals surface area contributed by atoms with Gasteiger partial charge in [0.05, 0.1) is 7.11 Å². The lowest BCUT2D eigenvalue weighted by Crippen LogP contribution is -2.13. The Kier molecular flexibility index (Phi) is 8.35. The molecule has 2 rings (SSSR count). The van der Waals surface area contributed by atoms with Gasteiger partial charge in [0, 0.05) is 18.8 Å². The standard InChI is InChI=1S/C24H34O3/c1-5-6-9-17(2)23(25)13-12-21-18(3)14-20-15-19(16-22(20)21)10-7-8-11-24(26)27-4/h10,12-13,17-18,20-22H,7-9,11,14-16H2,1-4H3/b13-12+,19-10+/t17-,18+,20?,21-,22-/m0/s1. The van der Waals surface area contributed by atoms with Crippen molar-refractivity contribution in [3.05, 3.63) is 23.8 Å². The lowest BCUT2D eigenvalue weighted by molar-refractivity contribution is -0.140. The fourth-order valence-corrected chi connectivity index (χ4v) is 4.69. The second-order valence-corrected chi connectivity index (χ2v) is 8.25. The minimum absolute atomic E-state index is 0.0185. The van der Waals surface area contributed by atoms with E-state index in [0.29, 0.717) is 30.6 Å². The minimum Gasteiger partial charge on any atom is -0.469 e. The molecule has 0 amide bonds. The van der Waals surface area contributed by atoms with Crippen LogP contribution in [0.2, 0.25) is 0 Å². The van der Waals surface area contributed by atoms with E-state index >= 15 is 0 Å². The first-order valence-corrected chi connectivity index (χ1v) is 10.3. The fraction of sp³-hybridized carbons (Fsp3) is 0.667. The molecule has 148 valence electrons. The molecule has 0 bridgehead atoms. The van der Waals surface area contributed by atoms with Crippen LogP contribution in [0, 0.1) is 41.4 Å². The molecule has 0 aromatic rings. The molecule has 3 heteroatoms. The predicted octanol–water partition coefficient (Wildman–Crippen LogP) is 5.11. The van der Waals surface area contributed by atoms with Crippen molar-refractivity contribution in [3.8, 4) is 11.8 Å². The molecule has 3 nitrogen and oxygen atoms in total. The van der Waals surface area contributed by atoms with Gasteiger partial charge >= 0.3 is 5.97 Å². The van der Waals surface area contributed by atoms with Crippen molar-refractivity contribution in [2.75, 3.05) is 7.11 Å². The maximum absolute atomic E-state index is 12.3. The van der Waals surface area contributed by atoms with E-state index < -0.39 is 0 Å². The van der Waals surface area contributed by atoms with Crippen molar-refractivity contribution < 1.29 is 14.3 Å². The summed E-state index contributed by atoms with van der Waals surface area (Å²) in [5.41, 5.74) is 1.54. The first-order chi connectivity index (χ1) is 13.0. The quantitative estimate of drug-likeness (QED) is 0.196. The van der Waals surface area contributed by atoms with Gasteiger partial charge in [0.15, 0.2) is 5.78 Å². The van der Waals surface area contributed by atoms with Crippen LogP contribution < -0.4 is 0 Å². The Morgan fingerprint density at radius 2 is 2.11 bits per heavy atom. The third kappa shape index (κ3) is 6.09. The summed E-state index contributed by atoms with van der Waals surface area (Å²) in [6, 6.07) is 0. The van der Waals surface area contributed by atoms with E-state index in [-0.39, 0.29) is 17.7 Å². The van der Waals surface area contributed by atoms with E-state index in [4.69, 9.17) is 4.74 Å². The van der Waals surface area contributed by atoms with E-state index in [2.05, 4.69) is 30.9 Å². The molecule has 0 spiro atoms. The summed E-state index contributed by atoms with van der Waals surface area (Å²) < 4.78 is 4.69. The van der Waals surface area contributed by atoms with Crippen LogP contribution in [0.25, 0.3) is 0 Å². The average molecular weight is 371 g/mol. The second-order valence-electron chi connectivity index (χ2n) is 8.25. The summed E-state index contributed by atoms with van der Waals surface area (Å²) >= 11 is 0. The van der Waals surface area contributed by atoms with Gasteiger partial charge in [-0.05, 0) is 68.8 Å². The Morgan fingerprint density at radius 3 is 2.81 bits per heavy atom. The number of methoxy groups -OCH3 is 1. The van der Waals surface area contributed by atoms with Gasteiger partial charge in [0.1, 0.15) is 0 Å². The number of esters is 1. The molecule has 0 saturated heterocycles. The highest BCUT2D eigenvalue weighted by Gasteiger charge is 2.43. The van der Waals surface area contributed by atoms with E-state index in [0.717, 1.165) is 25.2 Å². The maximum atomic E-state index is 12.3. The molecular formula is C24H34O3. The second kappa shape index (κ2) is 10.5. The van der Waals surface area contributed by atoms with Crippen LogP contribution in [0.5, 0.6) is 0 Å². The molecule has 2 aliphatic rings. The van der Waals surface area contributed by atoms with Gasteiger partial charge < -0.3 is 4.74 Å². The van der Waals surface area contributed by atoms with Crippen molar-refractivity contribution in [2.24, 2.45) is 29.6 Å². The highest BCUT2D eigenvalue weighted by atomic mass is 16.5. The molecule has 0 aliphatic heterocycles. The molecule has 5 atom stereocenters. The first kappa shape index (κ1) is 21.5. The molecule has 1 unspecified atom stereocenters. The normalized spacial score (nSPS) is 29.4. The number of ether oxygens (including phenoxy) is 1. The minimum atomic E-state index is -0.125. The van der Waals surface area contributed by atoms with E-state index in [9.17, 15) is 9.59 Å². The zero-order chi connectivity index (χ0) is 19.8. The Morgan fingerprint density at radius 1 is 1.33 bits per heavy atom. The summed E-state index contributed by atoms with van der Waals surface area (Å²) in [5, 5.41) is 0. The smallest absolute Gasteiger partial charge is 0.305 e. The highest BCUT2D eigenvalue weighted by Crippen LogP contribution is 2.52. The first-order valence-electron chi connectivity index (χ1n) is 10.3. The van der Waals surface area contributed by atoms with Crippen molar-refractivity contribution in [1.29, 1.82) is 0 Å². The number of rotatable bonds is 8. The van der Waals surface area contributed by atoms with E-state index in [1.807, 2.05) is 19.9 Å². The van der Waals surface area contributed by atoms with Gasteiger partial charge in [-0.25, -0.2) is 0 Å². The van der Waals surface area contributed by atoms with Gasteiger partial charge in [0.2, 0.25) is 0 Å². The van der Waals surface area contributed by atoms with Crippen LogP contribution in [-0.4, -0.2) is 18.9 Å². The van der Waals surface area contributed by atoms with Crippen molar-refractivity contribution >= 4 is 11.8 Å². The van der Waals surface area contributed by atoms with Gasteiger partial charge in [-0.15, -0.1) is 11.8 Å². The number of hydrogen-bond acceptors (Lipinski definition) is 3. The molecular weight excluding hydrogens is 336 g/mol. The van der Waals surface area contributed by atoms with Crippen LogP contribution in [0.1, 0.15) is 65.7 Å². The van der Waals surface area contributed by atoms with Gasteiger partial charge in [-0.1, -0.05) is 31.6 Å². The monoisotopic (exact) mass is 370 g/mol. The summed E-state index contributed by atoms with van der Waals surface area (Å²) in [6.07, 6.45) is 12.9. The fourth-order valence-electron chi connectivity index (χ4n) is 4.69. The Labute approximate surface area is 164 Å². The number of unbranched alkanes of at least 4 members (excludes halogenated alkanes) is 1. The van der Waals surface area contributed by atoms with Crippen molar-refractivity contribution in [3.63, 3.8) is 0 Å². The molecule has 0 aromatic carbocycles.